The number of hydrogen-bond acceptors (Lipinski definition) is 6. The molecule has 7 heteroatoms. The number of nitrogens with one attached hydrogen (secondary N) is 1. The molecule has 2 aliphatic heterocycles. The molecule has 1 N–H and O–H groups in total. The molecule has 0 aromatic heterocycles. The lowest BCUT2D eigenvalue weighted by molar-refractivity contribution is -0.127. The number of thioether (sulfide) groups is 2. The Labute approximate surface area is 251 Å². The Hall–Kier alpha value is -2.25. The minimum Gasteiger partial charge on any atom is -0.335 e. The lowest BCUT2D eigenvalue weighted by Gasteiger charge is -2.38. The Morgan fingerprint density at radius 2 is 1.52 bits per heavy atom. The molecule has 2 aliphatic rings. The van der Waals surface area contributed by atoms with Crippen LogP contribution in [-0.2, 0) is 4.79 Å². The van der Waals surface area contributed by atoms with Crippen molar-refractivity contribution in [1.29, 1.82) is 0 Å². The highest BCUT2D eigenvalue weighted by Crippen LogP contribution is 2.35. The molecule has 0 aliphatic carbocycles. The standard InChI is InChI=1S/C18H26N2OS.C15H22N2S/c1-6-16(21)20-11-18(4,5)12-22-17(20)19-15-10-8-7-9-14(15)13(2)3;1-11(2)12-7-5-6-8-13(12)17-14-16-9-15(3,4)10-18-14/h7-10,13H,6,11-12H2,1-5H3;5-8,11H,9-10H2,1-4H3,(H,16,17). The maximum atomic E-state index is 12.3. The molecule has 0 atom stereocenters. The van der Waals surface area contributed by atoms with E-state index in [1.165, 1.54) is 16.8 Å². The predicted octanol–water partition coefficient (Wildman–Crippen LogP) is 9.16. The monoisotopic (exact) mass is 580 g/mol. The SMILES string of the molecule is CC(C)c1ccccc1NC1=NCC(C)(C)CS1.CCC(=O)N1CC(C)(C)CSC1=Nc1ccccc1C(C)C. The van der Waals surface area contributed by atoms with E-state index in [4.69, 9.17) is 4.99 Å². The van der Waals surface area contributed by atoms with Gasteiger partial charge in [-0.3, -0.25) is 14.7 Å². The zero-order valence-electron chi connectivity index (χ0n) is 25.9. The minimum absolute atomic E-state index is 0.131. The van der Waals surface area contributed by atoms with E-state index < -0.39 is 0 Å². The molecule has 40 heavy (non-hydrogen) atoms. The van der Waals surface area contributed by atoms with Crippen LogP contribution in [0.5, 0.6) is 0 Å². The fraction of sp³-hybridized carbons (Fsp3) is 0.545. The Bertz CT molecular complexity index is 1220. The molecule has 218 valence electrons. The molecule has 2 aromatic carbocycles. The van der Waals surface area contributed by atoms with Crippen LogP contribution >= 0.6 is 23.5 Å². The first-order valence-electron chi connectivity index (χ1n) is 14.5. The van der Waals surface area contributed by atoms with Crippen LogP contribution < -0.4 is 5.32 Å². The van der Waals surface area contributed by atoms with Gasteiger partial charge in [0, 0.05) is 36.7 Å². The van der Waals surface area contributed by atoms with Gasteiger partial charge >= 0.3 is 0 Å². The summed E-state index contributed by atoms with van der Waals surface area (Å²) in [5, 5.41) is 5.39. The number of amidine groups is 2. The van der Waals surface area contributed by atoms with E-state index >= 15 is 0 Å². The topological polar surface area (TPSA) is 57.1 Å². The Morgan fingerprint density at radius 3 is 2.12 bits per heavy atom. The molecule has 0 radical (unpaired) electrons. The molecule has 0 spiro atoms. The number of carbonyl (C=O) groups is 1. The number of nitrogens with zero attached hydrogens (tertiary/aromatic N) is 3. The van der Waals surface area contributed by atoms with Crippen molar-refractivity contribution in [2.24, 2.45) is 20.8 Å². The van der Waals surface area contributed by atoms with Crippen molar-refractivity contribution >= 4 is 51.1 Å². The summed E-state index contributed by atoms with van der Waals surface area (Å²) >= 11 is 3.52. The molecule has 0 bridgehead atoms. The van der Waals surface area contributed by atoms with Gasteiger partial charge in [0.1, 0.15) is 0 Å². The van der Waals surface area contributed by atoms with Crippen molar-refractivity contribution in [3.05, 3.63) is 59.7 Å². The van der Waals surface area contributed by atoms with Crippen molar-refractivity contribution in [3.8, 4) is 0 Å². The van der Waals surface area contributed by atoms with Crippen LogP contribution in [0.25, 0.3) is 0 Å². The Balaban J connectivity index is 0.000000225. The first kappa shape index (κ1) is 32.3. The third-order valence-corrected chi connectivity index (χ3v) is 9.79. The summed E-state index contributed by atoms with van der Waals surface area (Å²) < 4.78 is 0. The lowest BCUT2D eigenvalue weighted by Crippen LogP contribution is -2.46. The first-order chi connectivity index (χ1) is 18.8. The second kappa shape index (κ2) is 14.1. The maximum absolute atomic E-state index is 12.3. The molecule has 0 unspecified atom stereocenters. The quantitative estimate of drug-likeness (QED) is 0.383. The fourth-order valence-electron chi connectivity index (χ4n) is 4.48. The number of rotatable bonds is 5. The zero-order valence-corrected chi connectivity index (χ0v) is 27.5. The van der Waals surface area contributed by atoms with Crippen LogP contribution in [0.1, 0.15) is 91.7 Å². The molecule has 0 saturated carbocycles. The number of benzene rings is 2. The summed E-state index contributed by atoms with van der Waals surface area (Å²) in [6, 6.07) is 16.7. The van der Waals surface area contributed by atoms with Crippen molar-refractivity contribution in [3.63, 3.8) is 0 Å². The molecule has 1 saturated heterocycles. The molecule has 1 amide bonds. The van der Waals surface area contributed by atoms with Gasteiger partial charge in [0.25, 0.3) is 0 Å². The summed E-state index contributed by atoms with van der Waals surface area (Å²) in [6.45, 7) is 21.3. The van der Waals surface area contributed by atoms with Gasteiger partial charge in [0.2, 0.25) is 5.91 Å². The van der Waals surface area contributed by atoms with Crippen molar-refractivity contribution in [2.45, 2.75) is 80.6 Å². The normalized spacial score (nSPS) is 19.2. The number of aliphatic imine (C=N–C) groups is 2. The third-order valence-electron chi connectivity index (χ3n) is 6.86. The van der Waals surface area contributed by atoms with Gasteiger partial charge in [0.15, 0.2) is 10.3 Å². The molecule has 5 nitrogen and oxygen atoms in total. The molecule has 4 rings (SSSR count). The van der Waals surface area contributed by atoms with Gasteiger partial charge < -0.3 is 5.32 Å². The number of para-hydroxylation sites is 2. The van der Waals surface area contributed by atoms with E-state index in [0.29, 0.717) is 23.7 Å². The number of hydrogen-bond donors (Lipinski definition) is 1. The summed E-state index contributed by atoms with van der Waals surface area (Å²) in [7, 11) is 0. The van der Waals surface area contributed by atoms with Crippen LogP contribution in [0.3, 0.4) is 0 Å². The van der Waals surface area contributed by atoms with Gasteiger partial charge in [0.05, 0.1) is 5.69 Å². The molecule has 2 aromatic rings. The highest BCUT2D eigenvalue weighted by molar-refractivity contribution is 8.14. The fourth-order valence-corrected chi connectivity index (χ4v) is 6.54. The maximum Gasteiger partial charge on any atom is 0.228 e. The van der Waals surface area contributed by atoms with Crippen molar-refractivity contribution in [1.82, 2.24) is 4.90 Å². The summed E-state index contributed by atoms with van der Waals surface area (Å²) in [5.41, 5.74) is 5.21. The summed E-state index contributed by atoms with van der Waals surface area (Å²) in [5.74, 6) is 3.22. The minimum atomic E-state index is 0.131. The van der Waals surface area contributed by atoms with Gasteiger partial charge in [-0.1, -0.05) is 122 Å². The molecular formula is C33H48N4OS2. The number of anilines is 1. The second-order valence-corrected chi connectivity index (χ2v) is 14.7. The zero-order chi connectivity index (χ0) is 29.5. The third kappa shape index (κ3) is 9.13. The van der Waals surface area contributed by atoms with E-state index in [9.17, 15) is 4.79 Å². The van der Waals surface area contributed by atoms with E-state index in [1.807, 2.05) is 41.8 Å². The van der Waals surface area contributed by atoms with Crippen LogP contribution in [0.2, 0.25) is 0 Å². The lowest BCUT2D eigenvalue weighted by atomic mass is 9.95. The number of amides is 1. The van der Waals surface area contributed by atoms with Crippen molar-refractivity contribution in [2.75, 3.05) is 29.9 Å². The van der Waals surface area contributed by atoms with Crippen molar-refractivity contribution < 1.29 is 4.79 Å². The smallest absolute Gasteiger partial charge is 0.228 e. The van der Waals surface area contributed by atoms with E-state index in [0.717, 1.165) is 40.6 Å². The largest absolute Gasteiger partial charge is 0.335 e. The van der Waals surface area contributed by atoms with E-state index in [1.54, 1.807) is 11.8 Å². The molecular weight excluding hydrogens is 533 g/mol. The Kier molecular flexibility index (Phi) is 11.4. The second-order valence-electron chi connectivity index (χ2n) is 12.8. The highest BCUT2D eigenvalue weighted by Gasteiger charge is 2.33. The van der Waals surface area contributed by atoms with Crippen LogP contribution in [0.4, 0.5) is 11.4 Å². The molecule has 1 fully saturated rings. The van der Waals surface area contributed by atoms with Gasteiger partial charge in [-0.25, -0.2) is 4.99 Å². The van der Waals surface area contributed by atoms with Gasteiger partial charge in [-0.05, 0) is 45.9 Å². The van der Waals surface area contributed by atoms with Crippen LogP contribution in [-0.4, -0.2) is 45.7 Å². The first-order valence-corrected chi connectivity index (χ1v) is 16.4. The average Bonchev–Trinajstić information content (AvgIpc) is 2.91. The van der Waals surface area contributed by atoms with Crippen LogP contribution in [0.15, 0.2) is 58.5 Å². The summed E-state index contributed by atoms with van der Waals surface area (Å²) in [6.07, 6.45) is 0.515. The number of carbonyl (C=O) groups excluding carboxylic acids is 1. The van der Waals surface area contributed by atoms with Gasteiger partial charge in [-0.15, -0.1) is 0 Å². The van der Waals surface area contributed by atoms with E-state index in [-0.39, 0.29) is 11.3 Å². The summed E-state index contributed by atoms with van der Waals surface area (Å²) in [4.78, 5) is 23.7. The average molecular weight is 581 g/mol. The van der Waals surface area contributed by atoms with Crippen LogP contribution in [0, 0.1) is 10.8 Å². The van der Waals surface area contributed by atoms with E-state index in [2.05, 4.69) is 96.0 Å². The highest BCUT2D eigenvalue weighted by atomic mass is 32.2. The van der Waals surface area contributed by atoms with Gasteiger partial charge in [-0.2, -0.15) is 0 Å². The predicted molar refractivity (Wildman–Crippen MR) is 179 cm³/mol. The molecule has 2 heterocycles. The Morgan fingerprint density at radius 1 is 0.925 bits per heavy atom.